The van der Waals surface area contributed by atoms with Crippen LogP contribution in [-0.2, 0) is 0 Å². The van der Waals surface area contributed by atoms with Crippen molar-refractivity contribution in [1.29, 1.82) is 0 Å². The van der Waals surface area contributed by atoms with E-state index in [1.807, 2.05) is 13.0 Å². The molecule has 2 atom stereocenters. The fourth-order valence-corrected chi connectivity index (χ4v) is 3.40. The van der Waals surface area contributed by atoms with Crippen LogP contribution in [0.25, 0.3) is 0 Å². The summed E-state index contributed by atoms with van der Waals surface area (Å²) in [5.74, 6) is 1.59. The number of aryl methyl sites for hydroxylation is 1. The van der Waals surface area contributed by atoms with Gasteiger partial charge in [0.2, 0.25) is 0 Å². The number of rotatable bonds is 2. The van der Waals surface area contributed by atoms with Gasteiger partial charge in [0.1, 0.15) is 16.8 Å². The number of nitrogens with zero attached hydrogens (tertiary/aromatic N) is 3. The molecule has 0 aromatic carbocycles. The van der Waals surface area contributed by atoms with Gasteiger partial charge in [0.25, 0.3) is 0 Å². The molecule has 1 N–H and O–H groups in total. The zero-order chi connectivity index (χ0) is 12.5. The van der Waals surface area contributed by atoms with Crippen LogP contribution in [0.5, 0.6) is 0 Å². The molecule has 5 heteroatoms. The highest BCUT2D eigenvalue weighted by molar-refractivity contribution is 6.29. The molecule has 4 nitrogen and oxygen atoms in total. The van der Waals surface area contributed by atoms with Crippen molar-refractivity contribution >= 4 is 17.4 Å². The van der Waals surface area contributed by atoms with Crippen LogP contribution in [0.15, 0.2) is 6.07 Å². The summed E-state index contributed by atoms with van der Waals surface area (Å²) in [7, 11) is 0. The van der Waals surface area contributed by atoms with Gasteiger partial charge in [0.05, 0.1) is 0 Å². The van der Waals surface area contributed by atoms with Gasteiger partial charge in [-0.3, -0.25) is 0 Å². The third-order valence-electron chi connectivity index (χ3n) is 3.98. The van der Waals surface area contributed by atoms with Crippen LogP contribution in [0.2, 0.25) is 5.15 Å². The number of hydrogen-bond donors (Lipinski definition) is 1. The lowest BCUT2D eigenvalue weighted by Gasteiger charge is -2.35. The summed E-state index contributed by atoms with van der Waals surface area (Å²) in [4.78, 5) is 11.1. The Bertz CT molecular complexity index is 417. The van der Waals surface area contributed by atoms with Crippen molar-refractivity contribution in [1.82, 2.24) is 14.9 Å². The topological polar surface area (TPSA) is 41.1 Å². The fraction of sp³-hybridized carbons (Fsp3) is 0.692. The van der Waals surface area contributed by atoms with Gasteiger partial charge in [-0.15, -0.1) is 0 Å². The molecule has 0 radical (unpaired) electrons. The largest absolute Gasteiger partial charge is 0.367 e. The summed E-state index contributed by atoms with van der Waals surface area (Å²) in [6.07, 6.45) is 5.12. The average Bonchev–Trinajstić information content (AvgIpc) is 2.74. The second-order valence-electron chi connectivity index (χ2n) is 5.32. The standard InChI is InChI=1S/C13H19ClN4/c1-9-15-12(14)8-13(16-9)17-10-4-6-18-5-2-3-11(18)7-10/h8,10-11H,2-7H2,1H3,(H,15,16,17). The lowest BCUT2D eigenvalue weighted by molar-refractivity contribution is 0.188. The van der Waals surface area contributed by atoms with Gasteiger partial charge >= 0.3 is 0 Å². The van der Waals surface area contributed by atoms with Crippen molar-refractivity contribution in [3.63, 3.8) is 0 Å². The number of fused-ring (bicyclic) bond motifs is 1. The van der Waals surface area contributed by atoms with Crippen LogP contribution in [-0.4, -0.2) is 40.0 Å². The smallest absolute Gasteiger partial charge is 0.134 e. The van der Waals surface area contributed by atoms with E-state index in [4.69, 9.17) is 11.6 Å². The van der Waals surface area contributed by atoms with E-state index < -0.39 is 0 Å². The number of hydrogen-bond acceptors (Lipinski definition) is 4. The summed E-state index contributed by atoms with van der Waals surface area (Å²) >= 11 is 5.96. The van der Waals surface area contributed by atoms with Crippen molar-refractivity contribution < 1.29 is 0 Å². The number of aromatic nitrogens is 2. The van der Waals surface area contributed by atoms with Gasteiger partial charge in [0.15, 0.2) is 0 Å². The Balaban J connectivity index is 1.65. The molecule has 2 unspecified atom stereocenters. The Labute approximate surface area is 113 Å². The van der Waals surface area contributed by atoms with E-state index in [1.54, 1.807) is 0 Å². The van der Waals surface area contributed by atoms with Gasteiger partial charge in [0, 0.05) is 24.7 Å². The van der Waals surface area contributed by atoms with Gasteiger partial charge in [-0.2, -0.15) is 0 Å². The number of nitrogens with one attached hydrogen (secondary N) is 1. The molecular weight excluding hydrogens is 248 g/mol. The predicted molar refractivity (Wildman–Crippen MR) is 73.0 cm³/mol. The minimum atomic E-state index is 0.517. The lowest BCUT2D eigenvalue weighted by Crippen LogP contribution is -2.42. The van der Waals surface area contributed by atoms with E-state index >= 15 is 0 Å². The zero-order valence-electron chi connectivity index (χ0n) is 10.7. The molecule has 98 valence electrons. The van der Waals surface area contributed by atoms with Crippen molar-refractivity contribution in [2.24, 2.45) is 0 Å². The van der Waals surface area contributed by atoms with Gasteiger partial charge < -0.3 is 10.2 Å². The first-order chi connectivity index (χ1) is 8.70. The molecule has 1 aromatic heterocycles. The zero-order valence-corrected chi connectivity index (χ0v) is 11.5. The Morgan fingerprint density at radius 3 is 3.06 bits per heavy atom. The highest BCUT2D eigenvalue weighted by Gasteiger charge is 2.31. The highest BCUT2D eigenvalue weighted by Crippen LogP contribution is 2.28. The van der Waals surface area contributed by atoms with Crippen molar-refractivity contribution in [3.8, 4) is 0 Å². The fourth-order valence-electron chi connectivity index (χ4n) is 3.17. The average molecular weight is 267 g/mol. The third kappa shape index (κ3) is 2.59. The molecule has 0 saturated carbocycles. The predicted octanol–water partition coefficient (Wildman–Crippen LogP) is 2.48. The van der Waals surface area contributed by atoms with Crippen molar-refractivity contribution in [2.45, 2.75) is 44.7 Å². The monoisotopic (exact) mass is 266 g/mol. The maximum Gasteiger partial charge on any atom is 0.134 e. The van der Waals surface area contributed by atoms with E-state index in [9.17, 15) is 0 Å². The Morgan fingerprint density at radius 2 is 2.22 bits per heavy atom. The normalized spacial score (nSPS) is 28.1. The molecule has 0 aliphatic carbocycles. The Hall–Kier alpha value is -0.870. The highest BCUT2D eigenvalue weighted by atomic mass is 35.5. The number of halogens is 1. The summed E-state index contributed by atoms with van der Waals surface area (Å²) < 4.78 is 0. The van der Waals surface area contributed by atoms with E-state index in [1.165, 1.54) is 38.8 Å². The minimum absolute atomic E-state index is 0.517. The molecule has 3 rings (SSSR count). The summed E-state index contributed by atoms with van der Waals surface area (Å²) in [6, 6.07) is 3.11. The second-order valence-corrected chi connectivity index (χ2v) is 5.71. The summed E-state index contributed by atoms with van der Waals surface area (Å²) in [5.41, 5.74) is 0. The van der Waals surface area contributed by atoms with Crippen molar-refractivity contribution in [2.75, 3.05) is 18.4 Å². The maximum atomic E-state index is 5.96. The minimum Gasteiger partial charge on any atom is -0.367 e. The maximum absolute atomic E-state index is 5.96. The molecule has 3 heterocycles. The Morgan fingerprint density at radius 1 is 1.33 bits per heavy atom. The summed E-state index contributed by atoms with van der Waals surface area (Å²) in [6.45, 7) is 4.37. The molecule has 1 aromatic rings. The molecule has 2 aliphatic rings. The van der Waals surface area contributed by atoms with Gasteiger partial charge in [-0.25, -0.2) is 9.97 Å². The third-order valence-corrected chi connectivity index (χ3v) is 4.17. The van der Waals surface area contributed by atoms with Crippen LogP contribution in [0.3, 0.4) is 0 Å². The lowest BCUT2D eigenvalue weighted by atomic mass is 9.97. The first-order valence-corrected chi connectivity index (χ1v) is 7.10. The molecule has 2 fully saturated rings. The van der Waals surface area contributed by atoms with Crippen LogP contribution in [0, 0.1) is 6.92 Å². The number of piperidine rings is 1. The molecule has 18 heavy (non-hydrogen) atoms. The van der Waals surface area contributed by atoms with E-state index in [0.717, 1.165) is 17.7 Å². The molecule has 0 spiro atoms. The van der Waals surface area contributed by atoms with Crippen LogP contribution < -0.4 is 5.32 Å². The van der Waals surface area contributed by atoms with E-state index in [0.29, 0.717) is 11.2 Å². The van der Waals surface area contributed by atoms with Crippen LogP contribution >= 0.6 is 11.6 Å². The van der Waals surface area contributed by atoms with E-state index in [-0.39, 0.29) is 0 Å². The molecule has 2 saturated heterocycles. The second kappa shape index (κ2) is 5.02. The number of anilines is 1. The van der Waals surface area contributed by atoms with Gasteiger partial charge in [-0.1, -0.05) is 11.6 Å². The van der Waals surface area contributed by atoms with E-state index in [2.05, 4.69) is 20.2 Å². The SMILES string of the molecule is Cc1nc(Cl)cc(NC2CCN3CCCC3C2)n1. The van der Waals surface area contributed by atoms with Crippen LogP contribution in [0.4, 0.5) is 5.82 Å². The first kappa shape index (κ1) is 12.2. The van der Waals surface area contributed by atoms with Crippen molar-refractivity contribution in [3.05, 3.63) is 17.0 Å². The molecule has 0 amide bonds. The quantitative estimate of drug-likeness (QED) is 0.835. The summed E-state index contributed by atoms with van der Waals surface area (Å²) in [5, 5.41) is 4.03. The molecule has 0 bridgehead atoms. The Kier molecular flexibility index (Phi) is 3.39. The molecular formula is C13H19ClN4. The first-order valence-electron chi connectivity index (χ1n) is 6.72. The molecule has 2 aliphatic heterocycles. The van der Waals surface area contributed by atoms with Gasteiger partial charge in [-0.05, 0) is 39.2 Å². The van der Waals surface area contributed by atoms with Crippen LogP contribution in [0.1, 0.15) is 31.5 Å².